The van der Waals surface area contributed by atoms with Crippen molar-refractivity contribution in [3.05, 3.63) is 41.0 Å². The summed E-state index contributed by atoms with van der Waals surface area (Å²) in [5.41, 5.74) is 7.69. The molecule has 0 radical (unpaired) electrons. The Morgan fingerprint density at radius 1 is 0.943 bits per heavy atom. The summed E-state index contributed by atoms with van der Waals surface area (Å²) >= 11 is 0. The minimum atomic E-state index is -0.657. The van der Waals surface area contributed by atoms with Crippen molar-refractivity contribution in [3.63, 3.8) is 0 Å². The number of nitrogens with two attached hydrogens (primary N) is 1. The molecule has 1 saturated heterocycles. The van der Waals surface area contributed by atoms with Crippen LogP contribution in [0.5, 0.6) is 0 Å². The van der Waals surface area contributed by atoms with Gasteiger partial charge in [-0.15, -0.1) is 0 Å². The Kier molecular flexibility index (Phi) is 8.61. The van der Waals surface area contributed by atoms with Crippen LogP contribution in [0.3, 0.4) is 0 Å². The number of hydrogen-bond donors (Lipinski definition) is 1. The number of anilines is 1. The molecule has 0 aromatic rings. The molecule has 1 fully saturated rings. The number of carbonyl (C=O) groups excluding carboxylic acids is 4. The van der Waals surface area contributed by atoms with E-state index in [-0.39, 0.29) is 42.9 Å². The summed E-state index contributed by atoms with van der Waals surface area (Å²) in [4.78, 5) is 56.4. The van der Waals surface area contributed by atoms with Gasteiger partial charge >= 0.3 is 18.4 Å². The van der Waals surface area contributed by atoms with Crippen molar-refractivity contribution in [3.8, 4) is 11.1 Å². The second-order valence-corrected chi connectivity index (χ2v) is 7.98. The van der Waals surface area contributed by atoms with Crippen LogP contribution < -0.4 is 5.73 Å². The predicted molar refractivity (Wildman–Crippen MR) is 126 cm³/mol. The van der Waals surface area contributed by atoms with Crippen molar-refractivity contribution < 1.29 is 33.5 Å². The second kappa shape index (κ2) is 11.6. The minimum absolute atomic E-state index is 0.0126. The highest BCUT2D eigenvalue weighted by Crippen LogP contribution is 2.39. The lowest BCUT2D eigenvalue weighted by Crippen LogP contribution is -2.54. The summed E-state index contributed by atoms with van der Waals surface area (Å²) in [5, 5.41) is 2.66. The third kappa shape index (κ3) is 5.69. The number of piperazine rings is 1. The molecule has 0 bridgehead atoms. The molecule has 0 aromatic carbocycles. The molecule has 188 valence electrons. The van der Waals surface area contributed by atoms with E-state index >= 15 is 0 Å². The monoisotopic (exact) mass is 486 g/mol. The number of hydroxylamine groups is 1. The number of nitrogens with zero attached hydrogens (tertiary/aromatic N) is 3. The number of ether oxygens (including phenoxy) is 2. The molecule has 2 aliphatic carbocycles. The third-order valence-electron chi connectivity index (χ3n) is 5.70. The molecule has 1 amide bonds. The fourth-order valence-corrected chi connectivity index (χ4v) is 3.97. The second-order valence-electron chi connectivity index (χ2n) is 7.98. The standard InChI is InChI=1S/C24H30N4O7/c1-4-33-23(31)20-17-8-6-16(7-9-18(17)21(22(20)25)24(32)34-5-2)14-19(30)28(35-15-29)27-12-10-26(3)11-13-27/h6-9,15H,4-5,10-14,25H2,1-3H3. The lowest BCUT2D eigenvalue weighted by molar-refractivity contribution is -0.253. The maximum absolute atomic E-state index is 13.0. The number of hydrogen-bond acceptors (Lipinski definition) is 10. The first-order chi connectivity index (χ1) is 16.8. The van der Waals surface area contributed by atoms with Crippen LogP contribution in [-0.2, 0) is 30.3 Å². The first-order valence-electron chi connectivity index (χ1n) is 11.4. The molecule has 11 nitrogen and oxygen atoms in total. The summed E-state index contributed by atoms with van der Waals surface area (Å²) in [6, 6.07) is 6.54. The van der Waals surface area contributed by atoms with Crippen LogP contribution in [0.1, 0.15) is 40.1 Å². The van der Waals surface area contributed by atoms with E-state index in [2.05, 4.69) is 4.90 Å². The van der Waals surface area contributed by atoms with Crippen LogP contribution in [0.15, 0.2) is 24.3 Å². The summed E-state index contributed by atoms with van der Waals surface area (Å²) in [5.74, 6) is -1.76. The van der Waals surface area contributed by atoms with E-state index < -0.39 is 17.8 Å². The molecule has 0 atom stereocenters. The molecule has 0 saturated carbocycles. The Labute approximate surface area is 203 Å². The van der Waals surface area contributed by atoms with E-state index in [0.29, 0.717) is 29.8 Å². The molecule has 35 heavy (non-hydrogen) atoms. The fraction of sp³-hybridized carbons (Fsp3) is 0.417. The van der Waals surface area contributed by atoms with Crippen LogP contribution in [-0.4, -0.2) is 85.8 Å². The summed E-state index contributed by atoms with van der Waals surface area (Å²) in [6.45, 7) is 6.32. The lowest BCUT2D eigenvalue weighted by Gasteiger charge is -2.37. The van der Waals surface area contributed by atoms with Gasteiger partial charge in [0.15, 0.2) is 0 Å². The number of rotatable bonds is 9. The van der Waals surface area contributed by atoms with Crippen LogP contribution in [0.25, 0.3) is 11.1 Å². The topological polar surface area (TPSA) is 132 Å². The number of esters is 2. The van der Waals surface area contributed by atoms with E-state index in [9.17, 15) is 19.2 Å². The van der Waals surface area contributed by atoms with Crippen LogP contribution in [0, 0.1) is 0 Å². The van der Waals surface area contributed by atoms with Gasteiger partial charge in [0.2, 0.25) is 0 Å². The Morgan fingerprint density at radius 2 is 1.46 bits per heavy atom. The highest BCUT2D eigenvalue weighted by atomic mass is 16.7. The summed E-state index contributed by atoms with van der Waals surface area (Å²) in [6.07, 6.45) is -0.0869. The molecule has 11 heteroatoms. The normalized spacial score (nSPS) is 14.4. The average Bonchev–Trinajstić information content (AvgIpc) is 2.96. The maximum atomic E-state index is 13.0. The van der Waals surface area contributed by atoms with Crippen molar-refractivity contribution in [1.82, 2.24) is 15.1 Å². The Balaban J connectivity index is 1.96. The predicted octanol–water partition coefficient (Wildman–Crippen LogP) is 1.35. The SMILES string of the molecule is CCOC(=O)c1c2ccc(CC(=O)N(OC=O)N3CCN(C)CC3)ccc-2c(C(=O)OCC)c1N. The minimum Gasteiger partial charge on any atom is -0.462 e. The maximum Gasteiger partial charge on any atom is 0.340 e. The zero-order valence-electron chi connectivity index (χ0n) is 20.1. The van der Waals surface area contributed by atoms with Gasteiger partial charge in [0.25, 0.3) is 5.91 Å². The first-order valence-corrected chi connectivity index (χ1v) is 11.4. The van der Waals surface area contributed by atoms with Gasteiger partial charge in [0.05, 0.1) is 36.4 Å². The molecular formula is C24H30N4O7. The van der Waals surface area contributed by atoms with Crippen molar-refractivity contribution in [1.29, 1.82) is 0 Å². The van der Waals surface area contributed by atoms with Gasteiger partial charge in [-0.05, 0) is 37.6 Å². The van der Waals surface area contributed by atoms with Crippen molar-refractivity contribution in [2.45, 2.75) is 20.3 Å². The Morgan fingerprint density at radius 3 is 1.91 bits per heavy atom. The average molecular weight is 487 g/mol. The van der Waals surface area contributed by atoms with Gasteiger partial charge < -0.3 is 24.9 Å². The number of carbonyl (C=O) groups is 4. The van der Waals surface area contributed by atoms with E-state index in [1.165, 1.54) is 0 Å². The van der Waals surface area contributed by atoms with Gasteiger partial charge in [-0.2, -0.15) is 5.01 Å². The first kappa shape index (κ1) is 25.9. The molecule has 1 heterocycles. The number of fused-ring (bicyclic) bond motifs is 1. The number of likely N-dealkylation sites (N-methyl/N-ethyl adjacent to an activating group) is 1. The summed E-state index contributed by atoms with van der Waals surface area (Å²) < 4.78 is 10.3. The molecular weight excluding hydrogens is 456 g/mol. The van der Waals surface area contributed by atoms with E-state index in [0.717, 1.165) is 18.3 Å². The summed E-state index contributed by atoms with van der Waals surface area (Å²) in [7, 11) is 1.97. The molecule has 3 aliphatic rings. The van der Waals surface area contributed by atoms with Crippen molar-refractivity contribution in [2.75, 3.05) is 52.2 Å². The molecule has 0 unspecified atom stereocenters. The van der Waals surface area contributed by atoms with Crippen LogP contribution >= 0.6 is 0 Å². The van der Waals surface area contributed by atoms with E-state index in [1.54, 1.807) is 43.1 Å². The molecule has 0 spiro atoms. The van der Waals surface area contributed by atoms with Gasteiger partial charge in [-0.3, -0.25) is 9.59 Å². The molecule has 3 rings (SSSR count). The smallest absolute Gasteiger partial charge is 0.340 e. The molecule has 0 aromatic heterocycles. The van der Waals surface area contributed by atoms with Gasteiger partial charge in [-0.25, -0.2) is 9.59 Å². The third-order valence-corrected chi connectivity index (χ3v) is 5.70. The van der Waals surface area contributed by atoms with Crippen LogP contribution in [0.4, 0.5) is 5.69 Å². The van der Waals surface area contributed by atoms with Gasteiger partial charge in [0, 0.05) is 26.2 Å². The Bertz CT molecular complexity index is 1010. The van der Waals surface area contributed by atoms with Gasteiger partial charge in [-0.1, -0.05) is 29.4 Å². The lowest BCUT2D eigenvalue weighted by atomic mass is 10.1. The van der Waals surface area contributed by atoms with Crippen molar-refractivity contribution >= 4 is 30.0 Å². The molecule has 2 N–H and O–H groups in total. The van der Waals surface area contributed by atoms with Gasteiger partial charge in [0.1, 0.15) is 0 Å². The quantitative estimate of drug-likeness (QED) is 0.315. The highest BCUT2D eigenvalue weighted by molar-refractivity contribution is 6.15. The fourth-order valence-electron chi connectivity index (χ4n) is 3.97. The Hall–Kier alpha value is -3.70. The number of amides is 1. The zero-order chi connectivity index (χ0) is 25.5. The number of hydrazine groups is 1. The van der Waals surface area contributed by atoms with Crippen LogP contribution in [0.2, 0.25) is 0 Å². The van der Waals surface area contributed by atoms with E-state index in [1.807, 2.05) is 7.05 Å². The highest BCUT2D eigenvalue weighted by Gasteiger charge is 2.31. The zero-order valence-corrected chi connectivity index (χ0v) is 20.1. The van der Waals surface area contributed by atoms with Crippen molar-refractivity contribution in [2.24, 2.45) is 0 Å². The molecule has 1 aliphatic heterocycles. The largest absolute Gasteiger partial charge is 0.462 e. The van der Waals surface area contributed by atoms with E-state index in [4.69, 9.17) is 20.0 Å². The number of nitrogen functional groups attached to an aromatic ring is 1.